The number of carbonyl (C=O) groups excluding carboxylic acids is 1. The number of nitrogens with zero attached hydrogens (tertiary/aromatic N) is 1. The highest BCUT2D eigenvalue weighted by Gasteiger charge is 2.18. The number of benzene rings is 1. The van der Waals surface area contributed by atoms with Crippen LogP contribution in [0.15, 0.2) is 18.2 Å². The number of hydrogen-bond acceptors (Lipinski definition) is 4. The van der Waals surface area contributed by atoms with Gasteiger partial charge in [-0.15, -0.1) is 0 Å². The van der Waals surface area contributed by atoms with Gasteiger partial charge in [0, 0.05) is 19.2 Å². The summed E-state index contributed by atoms with van der Waals surface area (Å²) in [6.45, 7) is 3.82. The monoisotopic (exact) mass is 266 g/mol. The highest BCUT2D eigenvalue weighted by atomic mass is 16.5. The summed E-state index contributed by atoms with van der Waals surface area (Å²) >= 11 is 0. The molecule has 0 aliphatic carbocycles. The number of rotatable bonds is 7. The number of hydrogen-bond donors (Lipinski definition) is 2. The van der Waals surface area contributed by atoms with Crippen LogP contribution in [-0.4, -0.2) is 42.7 Å². The zero-order chi connectivity index (χ0) is 14.3. The smallest absolute Gasteiger partial charge is 0.257 e. The largest absolute Gasteiger partial charge is 0.507 e. The first kappa shape index (κ1) is 15.3. The average Bonchev–Trinajstić information content (AvgIpc) is 2.42. The van der Waals surface area contributed by atoms with Gasteiger partial charge >= 0.3 is 0 Å². The highest BCUT2D eigenvalue weighted by Crippen LogP contribution is 2.24. The third-order valence-corrected chi connectivity index (χ3v) is 2.85. The van der Waals surface area contributed by atoms with E-state index in [1.54, 1.807) is 17.0 Å². The molecule has 1 aromatic carbocycles. The molecule has 0 fully saturated rings. The van der Waals surface area contributed by atoms with Gasteiger partial charge < -0.3 is 20.5 Å². The maximum atomic E-state index is 12.3. The van der Waals surface area contributed by atoms with Crippen LogP contribution < -0.4 is 10.5 Å². The third kappa shape index (κ3) is 4.13. The first-order valence-corrected chi connectivity index (χ1v) is 6.50. The van der Waals surface area contributed by atoms with Crippen molar-refractivity contribution in [2.24, 2.45) is 5.73 Å². The molecule has 0 aliphatic heterocycles. The Morgan fingerprint density at radius 2 is 2.16 bits per heavy atom. The maximum Gasteiger partial charge on any atom is 0.257 e. The fraction of sp³-hybridized carbons (Fsp3) is 0.500. The lowest BCUT2D eigenvalue weighted by Crippen LogP contribution is -2.33. The van der Waals surface area contributed by atoms with Crippen LogP contribution in [0.3, 0.4) is 0 Å². The minimum Gasteiger partial charge on any atom is -0.507 e. The molecule has 0 bridgehead atoms. The molecule has 0 saturated heterocycles. The molecule has 3 N–H and O–H groups in total. The van der Waals surface area contributed by atoms with Gasteiger partial charge in [0.15, 0.2) is 0 Å². The van der Waals surface area contributed by atoms with Crippen molar-refractivity contribution in [3.63, 3.8) is 0 Å². The number of phenolic OH excluding ortho intramolecular Hbond substituents is 1. The van der Waals surface area contributed by atoms with Gasteiger partial charge in [0.1, 0.15) is 11.5 Å². The maximum absolute atomic E-state index is 12.3. The van der Waals surface area contributed by atoms with Crippen molar-refractivity contribution in [3.05, 3.63) is 23.8 Å². The molecule has 5 heteroatoms. The molecule has 5 nitrogen and oxygen atoms in total. The molecule has 106 valence electrons. The Kier molecular flexibility index (Phi) is 6.15. The Labute approximate surface area is 114 Å². The number of carbonyl (C=O) groups is 1. The zero-order valence-corrected chi connectivity index (χ0v) is 11.6. The summed E-state index contributed by atoms with van der Waals surface area (Å²) in [6, 6.07) is 4.70. The van der Waals surface area contributed by atoms with Crippen molar-refractivity contribution in [3.8, 4) is 11.5 Å². The van der Waals surface area contributed by atoms with Crippen molar-refractivity contribution >= 4 is 5.91 Å². The molecule has 0 heterocycles. The number of phenols is 1. The standard InChI is InChI=1S/C14H22N2O3/c1-3-8-16(9-4-7-15)14(18)12-6-5-11(19-2)10-13(12)17/h5-6,10,17H,3-4,7-9,15H2,1-2H3. The van der Waals surface area contributed by atoms with Gasteiger partial charge in [-0.1, -0.05) is 6.92 Å². The Bertz CT molecular complexity index is 421. The molecule has 1 amide bonds. The van der Waals surface area contributed by atoms with Gasteiger partial charge in [-0.2, -0.15) is 0 Å². The lowest BCUT2D eigenvalue weighted by Gasteiger charge is -2.22. The molecule has 0 aliphatic rings. The zero-order valence-electron chi connectivity index (χ0n) is 11.6. The fourth-order valence-corrected chi connectivity index (χ4v) is 1.86. The molecular weight excluding hydrogens is 244 g/mol. The van der Waals surface area contributed by atoms with Crippen molar-refractivity contribution in [2.75, 3.05) is 26.7 Å². The minimum absolute atomic E-state index is 0.0572. The molecule has 0 unspecified atom stereocenters. The lowest BCUT2D eigenvalue weighted by atomic mass is 10.1. The van der Waals surface area contributed by atoms with E-state index in [0.29, 0.717) is 30.9 Å². The van der Waals surface area contributed by atoms with Crippen LogP contribution in [0, 0.1) is 0 Å². The van der Waals surface area contributed by atoms with Crippen molar-refractivity contribution in [2.45, 2.75) is 19.8 Å². The van der Waals surface area contributed by atoms with E-state index in [0.717, 1.165) is 12.8 Å². The van der Waals surface area contributed by atoms with Crippen LogP contribution >= 0.6 is 0 Å². The molecule has 0 radical (unpaired) electrons. The molecule has 0 aromatic heterocycles. The predicted octanol–water partition coefficient (Wildman–Crippen LogP) is 1.60. The minimum atomic E-state index is -0.171. The Balaban J connectivity index is 2.89. The van der Waals surface area contributed by atoms with Crippen LogP contribution in [-0.2, 0) is 0 Å². The van der Waals surface area contributed by atoms with E-state index in [4.69, 9.17) is 10.5 Å². The number of nitrogens with two attached hydrogens (primary N) is 1. The third-order valence-electron chi connectivity index (χ3n) is 2.85. The van der Waals surface area contributed by atoms with Crippen molar-refractivity contribution in [1.29, 1.82) is 0 Å². The number of amides is 1. The quantitative estimate of drug-likeness (QED) is 0.786. The van der Waals surface area contributed by atoms with Crippen LogP contribution in [0.25, 0.3) is 0 Å². The van der Waals surface area contributed by atoms with Gasteiger partial charge in [-0.05, 0) is 31.5 Å². The SMILES string of the molecule is CCCN(CCCN)C(=O)c1ccc(OC)cc1O. The molecule has 0 spiro atoms. The second-order valence-corrected chi connectivity index (χ2v) is 4.32. The van der Waals surface area contributed by atoms with Crippen LogP contribution in [0.2, 0.25) is 0 Å². The van der Waals surface area contributed by atoms with Gasteiger partial charge in [0.2, 0.25) is 0 Å². The lowest BCUT2D eigenvalue weighted by molar-refractivity contribution is 0.0751. The van der Waals surface area contributed by atoms with E-state index < -0.39 is 0 Å². The first-order valence-electron chi connectivity index (χ1n) is 6.50. The summed E-state index contributed by atoms with van der Waals surface area (Å²) in [7, 11) is 1.51. The average molecular weight is 266 g/mol. The van der Waals surface area contributed by atoms with Gasteiger partial charge in [0.05, 0.1) is 12.7 Å². The fourth-order valence-electron chi connectivity index (χ4n) is 1.86. The van der Waals surface area contributed by atoms with Crippen LogP contribution in [0.5, 0.6) is 11.5 Å². The number of ether oxygens (including phenoxy) is 1. The van der Waals surface area contributed by atoms with Crippen molar-refractivity contribution < 1.29 is 14.6 Å². The molecule has 19 heavy (non-hydrogen) atoms. The van der Waals surface area contributed by atoms with E-state index in [2.05, 4.69) is 0 Å². The van der Waals surface area contributed by atoms with E-state index in [9.17, 15) is 9.90 Å². The molecule has 1 aromatic rings. The van der Waals surface area contributed by atoms with Gasteiger partial charge in [0.25, 0.3) is 5.91 Å². The second kappa shape index (κ2) is 7.63. The molecule has 1 rings (SSSR count). The second-order valence-electron chi connectivity index (χ2n) is 4.32. The summed E-state index contributed by atoms with van der Waals surface area (Å²) in [5, 5.41) is 9.88. The van der Waals surface area contributed by atoms with Gasteiger partial charge in [-0.25, -0.2) is 0 Å². The highest BCUT2D eigenvalue weighted by molar-refractivity contribution is 5.97. The number of aromatic hydroxyl groups is 1. The van der Waals surface area contributed by atoms with Crippen LogP contribution in [0.4, 0.5) is 0 Å². The summed E-state index contributed by atoms with van der Waals surface area (Å²) in [4.78, 5) is 14.1. The molecule has 0 saturated carbocycles. The predicted molar refractivity (Wildman–Crippen MR) is 74.5 cm³/mol. The van der Waals surface area contributed by atoms with E-state index in [1.165, 1.54) is 13.2 Å². The summed E-state index contributed by atoms with van der Waals surface area (Å²) in [5.41, 5.74) is 5.77. The van der Waals surface area contributed by atoms with Gasteiger partial charge in [-0.3, -0.25) is 4.79 Å². The Morgan fingerprint density at radius 1 is 1.42 bits per heavy atom. The first-order chi connectivity index (χ1) is 9.13. The Morgan fingerprint density at radius 3 is 2.68 bits per heavy atom. The van der Waals surface area contributed by atoms with E-state index in [1.807, 2.05) is 6.92 Å². The van der Waals surface area contributed by atoms with E-state index >= 15 is 0 Å². The summed E-state index contributed by atoms with van der Waals surface area (Å²) in [6.07, 6.45) is 1.62. The number of methoxy groups -OCH3 is 1. The van der Waals surface area contributed by atoms with Crippen LogP contribution in [0.1, 0.15) is 30.1 Å². The topological polar surface area (TPSA) is 75.8 Å². The molecular formula is C14H22N2O3. The summed E-state index contributed by atoms with van der Waals surface area (Å²) < 4.78 is 5.00. The van der Waals surface area contributed by atoms with E-state index in [-0.39, 0.29) is 11.7 Å². The van der Waals surface area contributed by atoms with Crippen molar-refractivity contribution in [1.82, 2.24) is 4.90 Å². The normalized spacial score (nSPS) is 10.3. The molecule has 0 atom stereocenters. The summed E-state index contributed by atoms with van der Waals surface area (Å²) in [5.74, 6) is 0.298. The Hall–Kier alpha value is -1.75.